The van der Waals surface area contributed by atoms with E-state index in [1.165, 1.54) is 7.11 Å². The largest absolute Gasteiger partial charge is 0.466 e. The van der Waals surface area contributed by atoms with Crippen LogP contribution in [0.25, 0.3) is 0 Å². The fourth-order valence-corrected chi connectivity index (χ4v) is 0.875. The molecule has 0 unspecified atom stereocenters. The van der Waals surface area contributed by atoms with Gasteiger partial charge in [-0.1, -0.05) is 0 Å². The van der Waals surface area contributed by atoms with Crippen LogP contribution >= 0.6 is 0 Å². The Bertz CT molecular complexity index is 207. The average Bonchev–Trinajstić information content (AvgIpc) is 2.30. The number of esters is 2. The summed E-state index contributed by atoms with van der Waals surface area (Å²) in [5.41, 5.74) is 0. The summed E-state index contributed by atoms with van der Waals surface area (Å²) in [5.74, 6) is -0.980. The molecular weight excluding hydrogens is 214 g/mol. The highest BCUT2D eigenvalue weighted by atomic mass is 16.6. The van der Waals surface area contributed by atoms with E-state index in [1.807, 2.05) is 6.92 Å². The first-order valence-electron chi connectivity index (χ1n) is 5.21. The van der Waals surface area contributed by atoms with Gasteiger partial charge in [0.25, 0.3) is 0 Å². The van der Waals surface area contributed by atoms with Crippen LogP contribution in [0.5, 0.6) is 0 Å². The van der Waals surface area contributed by atoms with Crippen LogP contribution in [0.4, 0.5) is 0 Å². The summed E-state index contributed by atoms with van der Waals surface area (Å²) in [6, 6.07) is 0. The number of carbonyl (C=O) groups excluding carboxylic acids is 2. The molecule has 0 aliphatic rings. The first kappa shape index (κ1) is 14.9. The van der Waals surface area contributed by atoms with E-state index in [2.05, 4.69) is 14.8 Å². The minimum absolute atomic E-state index is 0.225. The van der Waals surface area contributed by atoms with E-state index in [0.29, 0.717) is 26.3 Å². The van der Waals surface area contributed by atoms with Crippen molar-refractivity contribution in [2.45, 2.75) is 13.3 Å². The van der Waals surface area contributed by atoms with Crippen molar-refractivity contribution in [2.24, 2.45) is 0 Å². The molecule has 1 N–H and O–H groups in total. The minimum Gasteiger partial charge on any atom is -0.466 e. The highest BCUT2D eigenvalue weighted by Crippen LogP contribution is 1.86. The van der Waals surface area contributed by atoms with Gasteiger partial charge in [0.1, 0.15) is 0 Å². The molecule has 0 heterocycles. The van der Waals surface area contributed by atoms with Gasteiger partial charge in [0, 0.05) is 19.7 Å². The monoisotopic (exact) mass is 233 g/mol. The average molecular weight is 233 g/mol. The summed E-state index contributed by atoms with van der Waals surface area (Å²) in [4.78, 5) is 21.7. The van der Waals surface area contributed by atoms with Crippen molar-refractivity contribution in [2.75, 3.05) is 40.0 Å². The number of carbonyl (C=O) groups is 2. The Morgan fingerprint density at radius 3 is 2.56 bits per heavy atom. The van der Waals surface area contributed by atoms with Gasteiger partial charge in [-0.3, -0.25) is 4.79 Å². The summed E-state index contributed by atoms with van der Waals surface area (Å²) < 4.78 is 14.1. The molecule has 0 aliphatic carbocycles. The first-order chi connectivity index (χ1) is 7.70. The van der Waals surface area contributed by atoms with Crippen LogP contribution in [0.2, 0.25) is 0 Å². The molecule has 0 spiro atoms. The summed E-state index contributed by atoms with van der Waals surface area (Å²) >= 11 is 0. The lowest BCUT2D eigenvalue weighted by Crippen LogP contribution is -2.24. The molecule has 6 heteroatoms. The maximum atomic E-state index is 11.1. The Morgan fingerprint density at radius 1 is 1.19 bits per heavy atom. The number of ether oxygens (including phenoxy) is 3. The van der Waals surface area contributed by atoms with Gasteiger partial charge in [-0.2, -0.15) is 0 Å². The van der Waals surface area contributed by atoms with E-state index in [-0.39, 0.29) is 13.0 Å². The van der Waals surface area contributed by atoms with Gasteiger partial charge < -0.3 is 19.5 Å². The van der Waals surface area contributed by atoms with Crippen LogP contribution in [0.3, 0.4) is 0 Å². The number of methoxy groups -OCH3 is 1. The van der Waals surface area contributed by atoms with Gasteiger partial charge in [0.05, 0.1) is 20.1 Å². The molecule has 0 saturated carbocycles. The molecule has 0 rings (SSSR count). The first-order valence-corrected chi connectivity index (χ1v) is 5.21. The molecule has 0 aromatic carbocycles. The van der Waals surface area contributed by atoms with Crippen LogP contribution < -0.4 is 5.32 Å². The van der Waals surface area contributed by atoms with Crippen molar-refractivity contribution in [3.63, 3.8) is 0 Å². The second kappa shape index (κ2) is 10.4. The fraction of sp³-hybridized carbons (Fsp3) is 0.800. The third-order valence-corrected chi connectivity index (χ3v) is 1.71. The zero-order valence-electron chi connectivity index (χ0n) is 9.78. The smallest absolute Gasteiger partial charge is 0.344 e. The van der Waals surface area contributed by atoms with Crippen LogP contribution in [0.15, 0.2) is 0 Å². The van der Waals surface area contributed by atoms with Crippen molar-refractivity contribution in [1.29, 1.82) is 0 Å². The predicted molar refractivity (Wildman–Crippen MR) is 57.0 cm³/mol. The van der Waals surface area contributed by atoms with Crippen molar-refractivity contribution in [3.05, 3.63) is 0 Å². The quantitative estimate of drug-likeness (QED) is 0.436. The molecule has 6 nitrogen and oxygen atoms in total. The predicted octanol–water partition coefficient (Wildman–Crippen LogP) is -0.281. The highest BCUT2D eigenvalue weighted by Gasteiger charge is 2.06. The third kappa shape index (κ3) is 9.42. The molecule has 0 radical (unpaired) electrons. The zero-order chi connectivity index (χ0) is 12.2. The molecule has 16 heavy (non-hydrogen) atoms. The van der Waals surface area contributed by atoms with E-state index >= 15 is 0 Å². The van der Waals surface area contributed by atoms with Crippen LogP contribution in [0, 0.1) is 0 Å². The van der Waals surface area contributed by atoms with E-state index < -0.39 is 11.9 Å². The molecule has 0 bridgehead atoms. The van der Waals surface area contributed by atoms with E-state index in [4.69, 9.17) is 4.74 Å². The summed E-state index contributed by atoms with van der Waals surface area (Å²) in [7, 11) is 1.24. The van der Waals surface area contributed by atoms with Gasteiger partial charge in [0.2, 0.25) is 0 Å². The Hall–Kier alpha value is -1.14. The van der Waals surface area contributed by atoms with E-state index in [1.54, 1.807) is 0 Å². The van der Waals surface area contributed by atoms with Crippen molar-refractivity contribution >= 4 is 11.9 Å². The van der Waals surface area contributed by atoms with Crippen LogP contribution in [-0.4, -0.2) is 52.0 Å². The van der Waals surface area contributed by atoms with Gasteiger partial charge in [-0.05, 0) is 6.92 Å². The normalized spacial score (nSPS) is 9.88. The maximum Gasteiger partial charge on any atom is 0.344 e. The number of hydrogen-bond acceptors (Lipinski definition) is 6. The van der Waals surface area contributed by atoms with Gasteiger partial charge in [-0.15, -0.1) is 0 Å². The fourth-order valence-electron chi connectivity index (χ4n) is 0.875. The number of hydrogen-bond donors (Lipinski definition) is 1. The third-order valence-electron chi connectivity index (χ3n) is 1.71. The topological polar surface area (TPSA) is 73.9 Å². The van der Waals surface area contributed by atoms with Gasteiger partial charge >= 0.3 is 11.9 Å². The maximum absolute atomic E-state index is 11.1. The molecule has 0 fully saturated rings. The molecule has 0 atom stereocenters. The molecular formula is C10H19NO5. The second-order valence-electron chi connectivity index (χ2n) is 2.93. The summed E-state index contributed by atoms with van der Waals surface area (Å²) in [6.45, 7) is 4.10. The highest BCUT2D eigenvalue weighted by molar-refractivity contribution is 5.76. The lowest BCUT2D eigenvalue weighted by atomic mass is 10.4. The summed E-state index contributed by atoms with van der Waals surface area (Å²) in [5, 5.41) is 3.01. The van der Waals surface area contributed by atoms with E-state index in [0.717, 1.165) is 0 Å². The van der Waals surface area contributed by atoms with Gasteiger partial charge in [0.15, 0.2) is 6.61 Å². The standard InChI is InChI=1S/C10H19NO5/c1-3-15-7-6-11-5-4-9(12)16-8-10(13)14-2/h11H,3-8H2,1-2H3. The Morgan fingerprint density at radius 2 is 1.94 bits per heavy atom. The van der Waals surface area contributed by atoms with Crippen molar-refractivity contribution < 1.29 is 23.8 Å². The zero-order valence-corrected chi connectivity index (χ0v) is 9.78. The van der Waals surface area contributed by atoms with E-state index in [9.17, 15) is 9.59 Å². The van der Waals surface area contributed by atoms with Crippen molar-refractivity contribution in [3.8, 4) is 0 Å². The minimum atomic E-state index is -0.558. The SMILES string of the molecule is CCOCCNCCC(=O)OCC(=O)OC. The number of nitrogens with one attached hydrogen (secondary N) is 1. The van der Waals surface area contributed by atoms with Gasteiger partial charge in [-0.25, -0.2) is 4.79 Å². The van der Waals surface area contributed by atoms with Crippen LogP contribution in [-0.2, 0) is 23.8 Å². The van der Waals surface area contributed by atoms with Crippen LogP contribution in [0.1, 0.15) is 13.3 Å². The molecule has 0 saturated heterocycles. The lowest BCUT2D eigenvalue weighted by Gasteiger charge is -2.05. The molecule has 0 amide bonds. The van der Waals surface area contributed by atoms with Crippen molar-refractivity contribution in [1.82, 2.24) is 5.32 Å². The number of rotatable bonds is 9. The second-order valence-corrected chi connectivity index (χ2v) is 2.93. The lowest BCUT2D eigenvalue weighted by molar-refractivity contribution is -0.156. The molecule has 0 aromatic rings. The molecule has 0 aliphatic heterocycles. The Labute approximate surface area is 95.2 Å². The Balaban J connectivity index is 3.27. The Kier molecular flexibility index (Phi) is 9.64. The molecule has 0 aromatic heterocycles. The molecule has 94 valence electrons. The summed E-state index contributed by atoms with van der Waals surface area (Å²) in [6.07, 6.45) is 0.225.